The summed E-state index contributed by atoms with van der Waals surface area (Å²) in [7, 11) is 0.965. The van der Waals surface area contributed by atoms with Crippen molar-refractivity contribution in [1.29, 1.82) is 0 Å². The Morgan fingerprint density at radius 1 is 1.26 bits per heavy atom. The topological polar surface area (TPSA) is 53.4 Å². The van der Waals surface area contributed by atoms with Crippen LogP contribution in [0.2, 0.25) is 0 Å². The van der Waals surface area contributed by atoms with Crippen molar-refractivity contribution in [1.82, 2.24) is 9.78 Å². The number of methoxy groups -OCH3 is 1. The highest BCUT2D eigenvalue weighted by molar-refractivity contribution is 5.92. The van der Waals surface area contributed by atoms with Crippen LogP contribution in [0.15, 0.2) is 24.5 Å². The first-order valence-electron chi connectivity index (χ1n) is 7.68. The molecule has 1 heterocycles. The number of hydrogen-bond donors (Lipinski definition) is 0. The summed E-state index contributed by atoms with van der Waals surface area (Å²) in [6.45, 7) is 1.05. The first kappa shape index (κ1) is 20.4. The summed E-state index contributed by atoms with van der Waals surface area (Å²) in [5, 5.41) is 3.36. The van der Waals surface area contributed by atoms with E-state index in [-0.39, 0.29) is 6.61 Å². The van der Waals surface area contributed by atoms with Gasteiger partial charge in [0.2, 0.25) is 0 Å². The van der Waals surface area contributed by atoms with Gasteiger partial charge in [-0.25, -0.2) is 13.6 Å². The van der Waals surface area contributed by atoms with E-state index in [0.717, 1.165) is 37.6 Å². The highest BCUT2D eigenvalue weighted by atomic mass is 19.4. The SMILES string of the molecule is CCOC=Cc1c(C(F)(F)F)nn(Cc2c(F)cccc2F)c1C(=O)OC. The molecule has 2 aromatic rings. The largest absolute Gasteiger partial charge is 0.501 e. The van der Waals surface area contributed by atoms with Gasteiger partial charge in [-0.1, -0.05) is 6.07 Å². The molecule has 0 amide bonds. The molecule has 0 spiro atoms. The Bertz CT molecular complexity index is 839. The summed E-state index contributed by atoms with van der Waals surface area (Å²) in [4.78, 5) is 12.1. The molecule has 0 radical (unpaired) electrons. The molecular formula is C17H15F5N2O3. The predicted octanol–water partition coefficient (Wildman–Crippen LogP) is 4.02. The Kier molecular flexibility index (Phi) is 6.19. The lowest BCUT2D eigenvalue weighted by molar-refractivity contribution is -0.141. The van der Waals surface area contributed by atoms with E-state index < -0.39 is 52.8 Å². The first-order chi connectivity index (χ1) is 12.7. The Morgan fingerprint density at radius 3 is 2.41 bits per heavy atom. The van der Waals surface area contributed by atoms with Crippen molar-refractivity contribution in [2.45, 2.75) is 19.6 Å². The van der Waals surface area contributed by atoms with Crippen molar-refractivity contribution < 1.29 is 36.2 Å². The van der Waals surface area contributed by atoms with E-state index in [2.05, 4.69) is 9.84 Å². The van der Waals surface area contributed by atoms with Gasteiger partial charge in [0.05, 0.1) is 26.5 Å². The van der Waals surface area contributed by atoms with Crippen molar-refractivity contribution in [3.05, 3.63) is 58.6 Å². The van der Waals surface area contributed by atoms with Crippen molar-refractivity contribution in [3.63, 3.8) is 0 Å². The lowest BCUT2D eigenvalue weighted by Crippen LogP contribution is -2.15. The number of carbonyl (C=O) groups excluding carboxylic acids is 1. The van der Waals surface area contributed by atoms with Crippen LogP contribution < -0.4 is 0 Å². The third-order valence-corrected chi connectivity index (χ3v) is 3.50. The van der Waals surface area contributed by atoms with Crippen LogP contribution in [-0.4, -0.2) is 29.5 Å². The molecule has 2 rings (SSSR count). The smallest absolute Gasteiger partial charge is 0.435 e. The minimum Gasteiger partial charge on any atom is -0.501 e. The van der Waals surface area contributed by atoms with Crippen LogP contribution in [0.4, 0.5) is 22.0 Å². The van der Waals surface area contributed by atoms with Crippen LogP contribution in [0, 0.1) is 11.6 Å². The molecule has 0 aliphatic carbocycles. The number of nitrogens with zero attached hydrogens (tertiary/aromatic N) is 2. The maximum absolute atomic E-state index is 13.9. The molecule has 1 aromatic heterocycles. The Morgan fingerprint density at radius 2 is 1.89 bits per heavy atom. The second-order valence-electron chi connectivity index (χ2n) is 5.22. The quantitative estimate of drug-likeness (QED) is 0.425. The third kappa shape index (κ3) is 4.44. The molecule has 0 atom stereocenters. The zero-order chi connectivity index (χ0) is 20.2. The molecule has 0 saturated heterocycles. The van der Waals surface area contributed by atoms with Gasteiger partial charge in [0.25, 0.3) is 0 Å². The Labute approximate surface area is 151 Å². The van der Waals surface area contributed by atoms with Crippen LogP contribution in [0.25, 0.3) is 6.08 Å². The highest BCUT2D eigenvalue weighted by Gasteiger charge is 2.40. The molecule has 10 heteroatoms. The molecule has 27 heavy (non-hydrogen) atoms. The lowest BCUT2D eigenvalue weighted by Gasteiger charge is -2.08. The molecule has 0 bridgehead atoms. The Balaban J connectivity index is 2.67. The fourth-order valence-corrected chi connectivity index (χ4v) is 2.31. The number of alkyl halides is 3. The van der Waals surface area contributed by atoms with Gasteiger partial charge >= 0.3 is 12.1 Å². The molecule has 0 fully saturated rings. The summed E-state index contributed by atoms with van der Waals surface area (Å²) in [5.74, 6) is -3.12. The molecule has 0 aliphatic rings. The number of halogens is 5. The molecule has 0 aliphatic heterocycles. The number of esters is 1. The summed E-state index contributed by atoms with van der Waals surface area (Å²) >= 11 is 0. The fourth-order valence-electron chi connectivity index (χ4n) is 2.31. The van der Waals surface area contributed by atoms with Crippen molar-refractivity contribution >= 4 is 12.0 Å². The number of rotatable bonds is 6. The second-order valence-corrected chi connectivity index (χ2v) is 5.22. The second kappa shape index (κ2) is 8.19. The summed E-state index contributed by atoms with van der Waals surface area (Å²) in [6.07, 6.45) is -3.06. The van der Waals surface area contributed by atoms with Gasteiger partial charge in [0, 0.05) is 11.1 Å². The van der Waals surface area contributed by atoms with Gasteiger partial charge in [-0.05, 0) is 25.1 Å². The van der Waals surface area contributed by atoms with Crippen LogP contribution in [-0.2, 0) is 22.2 Å². The molecule has 0 N–H and O–H groups in total. The van der Waals surface area contributed by atoms with Crippen molar-refractivity contribution in [2.75, 3.05) is 13.7 Å². The normalized spacial score (nSPS) is 11.8. The van der Waals surface area contributed by atoms with Gasteiger partial charge in [-0.15, -0.1) is 0 Å². The summed E-state index contributed by atoms with van der Waals surface area (Å²) in [6, 6.07) is 3.00. The van der Waals surface area contributed by atoms with Crippen LogP contribution in [0.3, 0.4) is 0 Å². The minimum atomic E-state index is -4.92. The van der Waals surface area contributed by atoms with E-state index in [4.69, 9.17) is 4.74 Å². The maximum Gasteiger partial charge on any atom is 0.435 e. The van der Waals surface area contributed by atoms with E-state index in [0.29, 0.717) is 4.68 Å². The number of carbonyl (C=O) groups is 1. The molecule has 1 aromatic carbocycles. The van der Waals surface area contributed by atoms with E-state index >= 15 is 0 Å². The van der Waals surface area contributed by atoms with Gasteiger partial charge in [-0.2, -0.15) is 18.3 Å². The molecule has 5 nitrogen and oxygen atoms in total. The van der Waals surface area contributed by atoms with Crippen LogP contribution in [0.1, 0.15) is 34.2 Å². The van der Waals surface area contributed by atoms with E-state index in [9.17, 15) is 26.7 Å². The molecule has 0 saturated carbocycles. The molecular weight excluding hydrogens is 375 g/mol. The zero-order valence-electron chi connectivity index (χ0n) is 14.3. The standard InChI is InChI=1S/C17H15F5N2O3/c1-3-27-8-7-10-14(16(25)26-2)24(23-15(10)17(20,21)22)9-11-12(18)5-4-6-13(11)19/h4-8H,3,9H2,1-2H3. The van der Waals surface area contributed by atoms with Gasteiger partial charge in [-0.3, -0.25) is 4.68 Å². The van der Waals surface area contributed by atoms with Crippen LogP contribution in [0.5, 0.6) is 0 Å². The number of hydrogen-bond acceptors (Lipinski definition) is 4. The predicted molar refractivity (Wildman–Crippen MR) is 84.7 cm³/mol. The summed E-state index contributed by atoms with van der Waals surface area (Å²) < 4.78 is 77.8. The maximum atomic E-state index is 13.9. The first-order valence-corrected chi connectivity index (χ1v) is 7.68. The Hall–Kier alpha value is -2.91. The van der Waals surface area contributed by atoms with E-state index in [1.807, 2.05) is 0 Å². The van der Waals surface area contributed by atoms with E-state index in [1.165, 1.54) is 0 Å². The van der Waals surface area contributed by atoms with E-state index in [1.54, 1.807) is 6.92 Å². The molecule has 0 unspecified atom stereocenters. The van der Waals surface area contributed by atoms with Gasteiger partial charge in [0.15, 0.2) is 11.4 Å². The van der Waals surface area contributed by atoms with Crippen molar-refractivity contribution in [3.8, 4) is 0 Å². The highest BCUT2D eigenvalue weighted by Crippen LogP contribution is 2.34. The average Bonchev–Trinajstić information content (AvgIpc) is 2.96. The number of aromatic nitrogens is 2. The molecule has 146 valence electrons. The van der Waals surface area contributed by atoms with Crippen LogP contribution >= 0.6 is 0 Å². The zero-order valence-corrected chi connectivity index (χ0v) is 14.3. The lowest BCUT2D eigenvalue weighted by atomic mass is 10.1. The third-order valence-electron chi connectivity index (χ3n) is 3.50. The monoisotopic (exact) mass is 390 g/mol. The van der Waals surface area contributed by atoms with Gasteiger partial charge in [0.1, 0.15) is 11.6 Å². The number of benzene rings is 1. The fraction of sp³-hybridized carbons (Fsp3) is 0.294. The van der Waals surface area contributed by atoms with Gasteiger partial charge < -0.3 is 9.47 Å². The van der Waals surface area contributed by atoms with Crippen molar-refractivity contribution in [2.24, 2.45) is 0 Å². The number of ether oxygens (including phenoxy) is 2. The minimum absolute atomic E-state index is 0.181. The summed E-state index contributed by atoms with van der Waals surface area (Å²) in [5.41, 5.74) is -3.18. The average molecular weight is 390 g/mol.